The van der Waals surface area contributed by atoms with Crippen molar-refractivity contribution in [3.63, 3.8) is 0 Å². The number of hydrogen-bond donors (Lipinski definition) is 1. The van der Waals surface area contributed by atoms with Crippen LogP contribution < -0.4 is 5.73 Å². The second-order valence-electron chi connectivity index (χ2n) is 4.68. The van der Waals surface area contributed by atoms with Gasteiger partial charge in [0.15, 0.2) is 0 Å². The van der Waals surface area contributed by atoms with Crippen LogP contribution in [0.15, 0.2) is 18.3 Å². The number of nitrogens with zero attached hydrogens (tertiary/aromatic N) is 2. The van der Waals surface area contributed by atoms with Crippen LogP contribution in [0.5, 0.6) is 0 Å². The van der Waals surface area contributed by atoms with E-state index in [1.54, 1.807) is 12.1 Å². The predicted molar refractivity (Wildman–Crippen MR) is 67.6 cm³/mol. The number of anilines is 1. The topological polar surface area (TPSA) is 59.2 Å². The number of carbonyl (C=O) groups excluding carboxylic acids is 1. The molecule has 0 aliphatic carbocycles. The first-order chi connectivity index (χ1) is 8.13. The molecule has 0 saturated carbocycles. The molecule has 1 saturated heterocycles. The lowest BCUT2D eigenvalue weighted by Gasteiger charge is -2.27. The van der Waals surface area contributed by atoms with E-state index in [-0.39, 0.29) is 5.91 Å². The molecule has 2 atom stereocenters. The zero-order valence-corrected chi connectivity index (χ0v) is 10.4. The molecule has 0 aromatic carbocycles. The van der Waals surface area contributed by atoms with Gasteiger partial charge in [-0.25, -0.2) is 4.98 Å². The van der Waals surface area contributed by atoms with Gasteiger partial charge < -0.3 is 10.6 Å². The summed E-state index contributed by atoms with van der Waals surface area (Å²) in [6.07, 6.45) is 4.72. The van der Waals surface area contributed by atoms with Crippen LogP contribution in [0.2, 0.25) is 0 Å². The molecule has 1 aromatic rings. The number of rotatable bonds is 2. The summed E-state index contributed by atoms with van der Waals surface area (Å²) in [5, 5.41) is 0. The zero-order valence-electron chi connectivity index (χ0n) is 10.4. The van der Waals surface area contributed by atoms with Crippen molar-refractivity contribution in [3.05, 3.63) is 24.0 Å². The Bertz CT molecular complexity index is 402. The summed E-state index contributed by atoms with van der Waals surface area (Å²) in [5.74, 6) is 0.0295. The first-order valence-corrected chi connectivity index (χ1v) is 6.17. The Labute approximate surface area is 102 Å². The molecule has 92 valence electrons. The third-order valence-corrected chi connectivity index (χ3v) is 3.50. The van der Waals surface area contributed by atoms with Gasteiger partial charge in [0.1, 0.15) is 5.69 Å². The molecule has 0 bridgehead atoms. The molecular weight excluding hydrogens is 214 g/mol. The first kappa shape index (κ1) is 11.9. The van der Waals surface area contributed by atoms with E-state index in [0.717, 1.165) is 19.3 Å². The van der Waals surface area contributed by atoms with Gasteiger partial charge in [0.25, 0.3) is 5.91 Å². The van der Waals surface area contributed by atoms with Crippen LogP contribution in [-0.2, 0) is 0 Å². The summed E-state index contributed by atoms with van der Waals surface area (Å²) < 4.78 is 0. The summed E-state index contributed by atoms with van der Waals surface area (Å²) >= 11 is 0. The van der Waals surface area contributed by atoms with E-state index in [9.17, 15) is 4.79 Å². The van der Waals surface area contributed by atoms with Crippen LogP contribution in [0, 0.1) is 0 Å². The van der Waals surface area contributed by atoms with Crippen molar-refractivity contribution in [1.82, 2.24) is 9.88 Å². The summed E-state index contributed by atoms with van der Waals surface area (Å²) in [4.78, 5) is 18.4. The lowest BCUT2D eigenvalue weighted by molar-refractivity contribution is 0.0670. The van der Waals surface area contributed by atoms with Crippen molar-refractivity contribution in [3.8, 4) is 0 Å². The third-order valence-electron chi connectivity index (χ3n) is 3.50. The Hall–Kier alpha value is -1.58. The molecule has 1 aliphatic heterocycles. The Morgan fingerprint density at radius 1 is 1.53 bits per heavy atom. The lowest BCUT2D eigenvalue weighted by atomic mass is 10.1. The van der Waals surface area contributed by atoms with Crippen LogP contribution in [0.3, 0.4) is 0 Å². The molecule has 1 amide bonds. The quantitative estimate of drug-likeness (QED) is 0.850. The molecular formula is C13H19N3O. The monoisotopic (exact) mass is 233 g/mol. The Kier molecular flexibility index (Phi) is 3.31. The minimum absolute atomic E-state index is 0.0295. The molecule has 0 radical (unpaired) electrons. The molecule has 2 N–H and O–H groups in total. The molecule has 2 heterocycles. The number of pyridine rings is 1. The number of hydrogen-bond acceptors (Lipinski definition) is 3. The summed E-state index contributed by atoms with van der Waals surface area (Å²) in [6, 6.07) is 4.10. The second kappa shape index (κ2) is 4.73. The number of carbonyl (C=O) groups is 1. The molecule has 1 fully saturated rings. The van der Waals surface area contributed by atoms with E-state index in [4.69, 9.17) is 5.73 Å². The molecule has 2 rings (SSSR count). The number of likely N-dealkylation sites (tertiary alicyclic amines) is 1. The van der Waals surface area contributed by atoms with E-state index >= 15 is 0 Å². The molecule has 0 spiro atoms. The third kappa shape index (κ3) is 2.25. The predicted octanol–water partition coefficient (Wildman–Crippen LogP) is 2.07. The zero-order chi connectivity index (χ0) is 12.4. The van der Waals surface area contributed by atoms with Gasteiger partial charge in [-0.2, -0.15) is 0 Å². The summed E-state index contributed by atoms with van der Waals surface area (Å²) in [7, 11) is 0. The smallest absolute Gasteiger partial charge is 0.272 e. The Morgan fingerprint density at radius 2 is 2.29 bits per heavy atom. The van der Waals surface area contributed by atoms with Crippen molar-refractivity contribution in [2.24, 2.45) is 0 Å². The van der Waals surface area contributed by atoms with Crippen molar-refractivity contribution in [2.75, 3.05) is 5.73 Å². The first-order valence-electron chi connectivity index (χ1n) is 6.17. The van der Waals surface area contributed by atoms with E-state index in [0.29, 0.717) is 23.5 Å². The normalized spacial score (nSPS) is 24.0. The SMILES string of the molecule is CCC1CCC(C)N1C(=O)c1ccc(N)cn1. The van der Waals surface area contributed by atoms with Gasteiger partial charge in [-0.05, 0) is 38.3 Å². The second-order valence-corrected chi connectivity index (χ2v) is 4.68. The van der Waals surface area contributed by atoms with E-state index in [1.165, 1.54) is 6.20 Å². The highest BCUT2D eigenvalue weighted by Crippen LogP contribution is 2.27. The number of amides is 1. The van der Waals surface area contributed by atoms with Crippen molar-refractivity contribution >= 4 is 11.6 Å². The fourth-order valence-corrected chi connectivity index (χ4v) is 2.50. The number of nitrogens with two attached hydrogens (primary N) is 1. The standard InChI is InChI=1S/C13H19N3O/c1-3-11-6-4-9(2)16(11)13(17)12-7-5-10(14)8-15-12/h5,7-9,11H,3-4,6,14H2,1-2H3. The molecule has 4 nitrogen and oxygen atoms in total. The van der Waals surface area contributed by atoms with Gasteiger partial charge in [0.2, 0.25) is 0 Å². The van der Waals surface area contributed by atoms with Gasteiger partial charge in [0.05, 0.1) is 11.9 Å². The van der Waals surface area contributed by atoms with Gasteiger partial charge in [0, 0.05) is 12.1 Å². The lowest BCUT2D eigenvalue weighted by Crippen LogP contribution is -2.40. The molecule has 2 unspecified atom stereocenters. The fraction of sp³-hybridized carbons (Fsp3) is 0.538. The minimum atomic E-state index is 0.0295. The summed E-state index contributed by atoms with van der Waals surface area (Å²) in [5.41, 5.74) is 6.65. The van der Waals surface area contributed by atoms with Crippen molar-refractivity contribution in [2.45, 2.75) is 45.2 Å². The van der Waals surface area contributed by atoms with Gasteiger partial charge in [-0.15, -0.1) is 0 Å². The summed E-state index contributed by atoms with van der Waals surface area (Å²) in [6.45, 7) is 4.23. The maximum absolute atomic E-state index is 12.4. The average Bonchev–Trinajstić information content (AvgIpc) is 2.70. The van der Waals surface area contributed by atoms with Crippen LogP contribution in [-0.4, -0.2) is 27.9 Å². The highest BCUT2D eigenvalue weighted by molar-refractivity contribution is 5.93. The fourth-order valence-electron chi connectivity index (χ4n) is 2.50. The van der Waals surface area contributed by atoms with Crippen LogP contribution in [0.4, 0.5) is 5.69 Å². The highest BCUT2D eigenvalue weighted by atomic mass is 16.2. The van der Waals surface area contributed by atoms with Gasteiger partial charge in [-0.3, -0.25) is 4.79 Å². The molecule has 4 heteroatoms. The molecule has 1 aliphatic rings. The van der Waals surface area contributed by atoms with Crippen molar-refractivity contribution < 1.29 is 4.79 Å². The Balaban J connectivity index is 2.21. The molecule has 1 aromatic heterocycles. The van der Waals surface area contributed by atoms with E-state index < -0.39 is 0 Å². The average molecular weight is 233 g/mol. The van der Waals surface area contributed by atoms with Crippen molar-refractivity contribution in [1.29, 1.82) is 0 Å². The molecule has 17 heavy (non-hydrogen) atoms. The van der Waals surface area contributed by atoms with Crippen LogP contribution in [0.1, 0.15) is 43.6 Å². The maximum Gasteiger partial charge on any atom is 0.272 e. The van der Waals surface area contributed by atoms with Crippen LogP contribution >= 0.6 is 0 Å². The van der Waals surface area contributed by atoms with E-state index in [1.807, 2.05) is 4.90 Å². The largest absolute Gasteiger partial charge is 0.397 e. The van der Waals surface area contributed by atoms with Gasteiger partial charge >= 0.3 is 0 Å². The Morgan fingerprint density at radius 3 is 2.88 bits per heavy atom. The number of nitrogen functional groups attached to an aromatic ring is 1. The number of aromatic nitrogens is 1. The van der Waals surface area contributed by atoms with Gasteiger partial charge in [-0.1, -0.05) is 6.92 Å². The van der Waals surface area contributed by atoms with Crippen LogP contribution in [0.25, 0.3) is 0 Å². The minimum Gasteiger partial charge on any atom is -0.397 e. The highest BCUT2D eigenvalue weighted by Gasteiger charge is 2.33. The van der Waals surface area contributed by atoms with E-state index in [2.05, 4.69) is 18.8 Å². The maximum atomic E-state index is 12.4.